The molecule has 4 nitrogen and oxygen atoms in total. The van der Waals surface area contributed by atoms with Crippen molar-refractivity contribution in [3.05, 3.63) is 23.5 Å². The van der Waals surface area contributed by atoms with Crippen molar-refractivity contribution in [2.75, 3.05) is 0 Å². The molecule has 0 spiro atoms. The predicted molar refractivity (Wildman–Crippen MR) is 64.4 cm³/mol. The number of carboxylic acids is 1. The van der Waals surface area contributed by atoms with Crippen LogP contribution in [0, 0.1) is 11.7 Å². The predicted octanol–water partition coefficient (Wildman–Crippen LogP) is 2.68. The third kappa shape index (κ3) is 1.92. The van der Waals surface area contributed by atoms with Crippen molar-refractivity contribution in [1.29, 1.82) is 0 Å². The molecule has 0 atom stereocenters. The van der Waals surface area contributed by atoms with Crippen LogP contribution in [0.5, 0.6) is 5.75 Å². The highest BCUT2D eigenvalue weighted by Gasteiger charge is 2.36. The zero-order chi connectivity index (χ0) is 12.7. The number of nitrogens with zero attached hydrogens (tertiary/aromatic N) is 1. The largest absolute Gasteiger partial charge is 0.488 e. The van der Waals surface area contributed by atoms with E-state index in [9.17, 15) is 9.18 Å². The number of carboxylic acid groups (broad SMARTS) is 1. The van der Waals surface area contributed by atoms with Gasteiger partial charge in [0, 0.05) is 6.07 Å². The fourth-order valence-electron chi connectivity index (χ4n) is 2.04. The highest BCUT2D eigenvalue weighted by atomic mass is 32.1. The first-order valence-corrected chi connectivity index (χ1v) is 6.43. The van der Waals surface area contributed by atoms with E-state index in [4.69, 9.17) is 9.84 Å². The number of aliphatic carboxylic acids is 1. The number of thiazole rings is 1. The summed E-state index contributed by atoms with van der Waals surface area (Å²) >= 11 is 1.35. The molecule has 0 radical (unpaired) electrons. The first-order valence-electron chi connectivity index (χ1n) is 5.55. The lowest BCUT2D eigenvalue weighted by atomic mass is 9.82. The summed E-state index contributed by atoms with van der Waals surface area (Å²) in [6.07, 6.45) is 0.785. The van der Waals surface area contributed by atoms with Gasteiger partial charge in [-0.2, -0.15) is 0 Å². The Morgan fingerprint density at radius 1 is 1.50 bits per heavy atom. The number of carbonyl (C=O) groups is 1. The molecule has 0 aliphatic heterocycles. The molecule has 1 aliphatic carbocycles. The number of benzene rings is 1. The van der Waals surface area contributed by atoms with Gasteiger partial charge in [-0.1, -0.05) is 0 Å². The molecule has 6 heteroatoms. The maximum absolute atomic E-state index is 13.4. The highest BCUT2D eigenvalue weighted by Crippen LogP contribution is 2.35. The molecule has 2 aromatic rings. The van der Waals surface area contributed by atoms with E-state index >= 15 is 0 Å². The average Bonchev–Trinajstić information content (AvgIpc) is 2.69. The summed E-state index contributed by atoms with van der Waals surface area (Å²) in [5, 5.41) is 8.77. The highest BCUT2D eigenvalue weighted by molar-refractivity contribution is 7.16. The SMILES string of the molecule is O=C(O)C1CC(Oc2cc(F)cc3scnc23)C1. The number of fused-ring (bicyclic) bond motifs is 1. The Morgan fingerprint density at radius 2 is 2.28 bits per heavy atom. The van der Waals surface area contributed by atoms with E-state index in [1.165, 1.54) is 23.5 Å². The minimum atomic E-state index is -0.798. The zero-order valence-electron chi connectivity index (χ0n) is 9.30. The molecule has 0 bridgehead atoms. The molecule has 94 valence electrons. The molecule has 0 amide bonds. The Morgan fingerprint density at radius 3 is 3.00 bits per heavy atom. The van der Waals surface area contributed by atoms with Gasteiger partial charge >= 0.3 is 5.97 Å². The topological polar surface area (TPSA) is 59.4 Å². The number of hydrogen-bond acceptors (Lipinski definition) is 4. The Labute approximate surface area is 106 Å². The van der Waals surface area contributed by atoms with E-state index < -0.39 is 5.97 Å². The van der Waals surface area contributed by atoms with E-state index in [0.717, 1.165) is 4.70 Å². The van der Waals surface area contributed by atoms with Crippen LogP contribution >= 0.6 is 11.3 Å². The normalized spacial score (nSPS) is 22.7. The number of aromatic nitrogens is 1. The number of ether oxygens (including phenoxy) is 1. The summed E-state index contributed by atoms with van der Waals surface area (Å²) < 4.78 is 19.7. The van der Waals surface area contributed by atoms with Crippen LogP contribution in [0.15, 0.2) is 17.6 Å². The van der Waals surface area contributed by atoms with E-state index in [-0.39, 0.29) is 17.8 Å². The van der Waals surface area contributed by atoms with Crippen LogP contribution in [0.4, 0.5) is 4.39 Å². The monoisotopic (exact) mass is 267 g/mol. The fraction of sp³-hybridized carbons (Fsp3) is 0.333. The summed E-state index contributed by atoms with van der Waals surface area (Å²) in [7, 11) is 0. The molecule has 1 heterocycles. The summed E-state index contributed by atoms with van der Waals surface area (Å²) in [4.78, 5) is 14.8. The molecule has 1 aliphatic rings. The molecular formula is C12H10FNO3S. The van der Waals surface area contributed by atoms with Gasteiger partial charge in [0.1, 0.15) is 23.2 Å². The molecule has 1 N–H and O–H groups in total. The maximum atomic E-state index is 13.4. The van der Waals surface area contributed by atoms with Gasteiger partial charge < -0.3 is 9.84 Å². The van der Waals surface area contributed by atoms with E-state index in [0.29, 0.717) is 24.1 Å². The van der Waals surface area contributed by atoms with Gasteiger partial charge in [0.25, 0.3) is 0 Å². The average molecular weight is 267 g/mol. The smallest absolute Gasteiger partial charge is 0.306 e. The van der Waals surface area contributed by atoms with Crippen LogP contribution in [0.1, 0.15) is 12.8 Å². The number of halogens is 1. The second-order valence-electron chi connectivity index (χ2n) is 4.35. The molecule has 3 rings (SSSR count). The van der Waals surface area contributed by atoms with Crippen LogP contribution in [0.2, 0.25) is 0 Å². The summed E-state index contributed by atoms with van der Waals surface area (Å²) in [5.74, 6) is -1.10. The van der Waals surface area contributed by atoms with Gasteiger partial charge in [-0.25, -0.2) is 9.37 Å². The molecule has 0 unspecified atom stereocenters. The van der Waals surface area contributed by atoms with E-state index in [2.05, 4.69) is 4.98 Å². The van der Waals surface area contributed by atoms with Crippen LogP contribution in [-0.2, 0) is 4.79 Å². The minimum absolute atomic E-state index is 0.155. The molecule has 1 aromatic carbocycles. The first kappa shape index (κ1) is 11.4. The Bertz CT molecular complexity index is 606. The number of hydrogen-bond donors (Lipinski definition) is 1. The van der Waals surface area contributed by atoms with Crippen molar-refractivity contribution >= 4 is 27.5 Å². The van der Waals surface area contributed by atoms with Gasteiger partial charge in [0.05, 0.1) is 16.1 Å². The standard InChI is InChI=1S/C12H10FNO3S/c13-7-3-9(11-10(4-7)18-5-14-11)17-8-1-6(2-8)12(15)16/h3-6,8H,1-2H2,(H,15,16). The van der Waals surface area contributed by atoms with Gasteiger partial charge in [0.2, 0.25) is 0 Å². The van der Waals surface area contributed by atoms with E-state index in [1.807, 2.05) is 0 Å². The third-order valence-corrected chi connectivity index (χ3v) is 3.88. The van der Waals surface area contributed by atoms with Crippen molar-refractivity contribution in [1.82, 2.24) is 4.98 Å². The lowest BCUT2D eigenvalue weighted by molar-refractivity contribution is -0.147. The van der Waals surface area contributed by atoms with Crippen molar-refractivity contribution in [2.24, 2.45) is 5.92 Å². The van der Waals surface area contributed by atoms with Gasteiger partial charge in [-0.15, -0.1) is 11.3 Å². The van der Waals surface area contributed by atoms with Crippen LogP contribution in [0.25, 0.3) is 10.2 Å². The Hall–Kier alpha value is -1.69. The van der Waals surface area contributed by atoms with E-state index in [1.54, 1.807) is 5.51 Å². The van der Waals surface area contributed by atoms with Gasteiger partial charge in [-0.3, -0.25) is 4.79 Å². The first-order chi connectivity index (χ1) is 8.63. The van der Waals surface area contributed by atoms with Crippen molar-refractivity contribution in [3.8, 4) is 5.75 Å². The summed E-state index contributed by atoms with van der Waals surface area (Å²) in [5.41, 5.74) is 2.28. The summed E-state index contributed by atoms with van der Waals surface area (Å²) in [6.45, 7) is 0. The number of rotatable bonds is 3. The molecule has 1 saturated carbocycles. The molecular weight excluding hydrogens is 257 g/mol. The summed E-state index contributed by atoms with van der Waals surface area (Å²) in [6, 6.07) is 2.72. The molecule has 0 saturated heterocycles. The van der Waals surface area contributed by atoms with Crippen LogP contribution in [-0.4, -0.2) is 22.2 Å². The second kappa shape index (κ2) is 4.20. The quantitative estimate of drug-likeness (QED) is 0.928. The van der Waals surface area contributed by atoms with Crippen molar-refractivity contribution in [3.63, 3.8) is 0 Å². The Kier molecular flexibility index (Phi) is 2.66. The maximum Gasteiger partial charge on any atom is 0.306 e. The van der Waals surface area contributed by atoms with Gasteiger partial charge in [0.15, 0.2) is 0 Å². The van der Waals surface area contributed by atoms with Crippen molar-refractivity contribution in [2.45, 2.75) is 18.9 Å². The second-order valence-corrected chi connectivity index (χ2v) is 5.24. The fourth-order valence-corrected chi connectivity index (χ4v) is 2.75. The van der Waals surface area contributed by atoms with Crippen molar-refractivity contribution < 1.29 is 19.0 Å². The lowest BCUT2D eigenvalue weighted by Gasteiger charge is -2.32. The lowest BCUT2D eigenvalue weighted by Crippen LogP contribution is -2.38. The minimum Gasteiger partial charge on any atom is -0.488 e. The molecule has 1 fully saturated rings. The van der Waals surface area contributed by atoms with Crippen LogP contribution in [0.3, 0.4) is 0 Å². The molecule has 1 aromatic heterocycles. The third-order valence-electron chi connectivity index (χ3n) is 3.10. The van der Waals surface area contributed by atoms with Gasteiger partial charge in [-0.05, 0) is 18.9 Å². The zero-order valence-corrected chi connectivity index (χ0v) is 10.1. The molecule has 18 heavy (non-hydrogen) atoms. The Balaban J connectivity index is 1.79. The van der Waals surface area contributed by atoms with Crippen LogP contribution < -0.4 is 4.74 Å².